The Kier molecular flexibility index (Phi) is 4.90. The molecule has 1 aromatic heterocycles. The van der Waals surface area contributed by atoms with Crippen LogP contribution in [0.25, 0.3) is 0 Å². The summed E-state index contributed by atoms with van der Waals surface area (Å²) in [7, 11) is 1.78. The second kappa shape index (κ2) is 6.96. The zero-order valence-corrected chi connectivity index (χ0v) is 15.9. The lowest BCUT2D eigenvalue weighted by atomic mass is 10.0. The van der Waals surface area contributed by atoms with Gasteiger partial charge in [-0.3, -0.25) is 9.59 Å². The standard InChI is InChI=1S/C19H23N3O2S/c1-12(19-13(2)25-14(3)20-19)21(4)18(24)11-22-16-8-6-5-7-15(16)9-10-17(22)23/h5-8,12H,9-11H2,1-4H3. The Balaban J connectivity index is 1.77. The van der Waals surface area contributed by atoms with E-state index >= 15 is 0 Å². The quantitative estimate of drug-likeness (QED) is 0.844. The predicted octanol–water partition coefficient (Wildman–Crippen LogP) is 3.26. The van der Waals surface area contributed by atoms with Gasteiger partial charge in [0.15, 0.2) is 0 Å². The Morgan fingerprint density at radius 2 is 2.04 bits per heavy atom. The number of aryl methyl sites for hydroxylation is 3. The molecular weight excluding hydrogens is 334 g/mol. The minimum Gasteiger partial charge on any atom is -0.336 e. The number of amides is 2. The van der Waals surface area contributed by atoms with Crippen LogP contribution in [0.15, 0.2) is 24.3 Å². The second-order valence-corrected chi connectivity index (χ2v) is 7.87. The smallest absolute Gasteiger partial charge is 0.242 e. The largest absolute Gasteiger partial charge is 0.336 e. The topological polar surface area (TPSA) is 53.5 Å². The summed E-state index contributed by atoms with van der Waals surface area (Å²) in [5.74, 6) is -0.0728. The van der Waals surface area contributed by atoms with Crippen LogP contribution in [0.4, 0.5) is 5.69 Å². The molecule has 2 aromatic rings. The predicted molar refractivity (Wildman–Crippen MR) is 99.9 cm³/mol. The highest BCUT2D eigenvalue weighted by atomic mass is 32.1. The maximum Gasteiger partial charge on any atom is 0.242 e. The number of aromatic nitrogens is 1. The van der Waals surface area contributed by atoms with Crippen molar-refractivity contribution in [2.75, 3.05) is 18.5 Å². The summed E-state index contributed by atoms with van der Waals surface area (Å²) >= 11 is 1.64. The number of anilines is 1. The average Bonchev–Trinajstić information content (AvgIpc) is 2.94. The summed E-state index contributed by atoms with van der Waals surface area (Å²) < 4.78 is 0. The molecule has 1 aliphatic heterocycles. The van der Waals surface area contributed by atoms with Crippen molar-refractivity contribution in [3.05, 3.63) is 45.4 Å². The number of fused-ring (bicyclic) bond motifs is 1. The van der Waals surface area contributed by atoms with Crippen LogP contribution < -0.4 is 4.90 Å². The third kappa shape index (κ3) is 3.44. The van der Waals surface area contributed by atoms with E-state index in [2.05, 4.69) is 4.98 Å². The van der Waals surface area contributed by atoms with Gasteiger partial charge in [-0.2, -0.15) is 0 Å². The van der Waals surface area contributed by atoms with Gasteiger partial charge in [0.2, 0.25) is 11.8 Å². The number of carbonyl (C=O) groups is 2. The number of rotatable bonds is 4. The summed E-state index contributed by atoms with van der Waals surface area (Å²) in [5.41, 5.74) is 2.91. The van der Waals surface area contributed by atoms with Gasteiger partial charge in [0.1, 0.15) is 6.54 Å². The van der Waals surface area contributed by atoms with Gasteiger partial charge in [-0.05, 0) is 38.8 Å². The molecule has 0 spiro atoms. The lowest BCUT2D eigenvalue weighted by molar-refractivity contribution is -0.132. The maximum atomic E-state index is 12.8. The van der Waals surface area contributed by atoms with E-state index in [1.165, 1.54) is 0 Å². The van der Waals surface area contributed by atoms with Crippen molar-refractivity contribution < 1.29 is 9.59 Å². The van der Waals surface area contributed by atoms with Crippen molar-refractivity contribution in [3.8, 4) is 0 Å². The van der Waals surface area contributed by atoms with E-state index in [9.17, 15) is 9.59 Å². The highest BCUT2D eigenvalue weighted by Gasteiger charge is 2.29. The summed E-state index contributed by atoms with van der Waals surface area (Å²) in [4.78, 5) is 34.1. The Hall–Kier alpha value is -2.21. The van der Waals surface area contributed by atoms with Crippen molar-refractivity contribution in [1.29, 1.82) is 0 Å². The first-order chi connectivity index (χ1) is 11.9. The van der Waals surface area contributed by atoms with E-state index in [1.54, 1.807) is 28.2 Å². The number of hydrogen-bond donors (Lipinski definition) is 0. The molecule has 6 heteroatoms. The molecule has 0 bridgehead atoms. The average molecular weight is 357 g/mol. The molecule has 0 aliphatic carbocycles. The molecule has 0 fully saturated rings. The third-order valence-electron chi connectivity index (χ3n) is 4.79. The van der Waals surface area contributed by atoms with Crippen molar-refractivity contribution in [2.24, 2.45) is 0 Å². The normalized spacial score (nSPS) is 15.0. The van der Waals surface area contributed by atoms with Gasteiger partial charge >= 0.3 is 0 Å². The Bertz CT molecular complexity index is 815. The molecular formula is C19H23N3O2S. The molecule has 0 saturated carbocycles. The van der Waals surface area contributed by atoms with Gasteiger partial charge in [0.25, 0.3) is 0 Å². The molecule has 0 radical (unpaired) electrons. The number of hydrogen-bond acceptors (Lipinski definition) is 4. The van der Waals surface area contributed by atoms with Crippen molar-refractivity contribution in [3.63, 3.8) is 0 Å². The van der Waals surface area contributed by atoms with Crippen molar-refractivity contribution in [1.82, 2.24) is 9.88 Å². The molecule has 1 aromatic carbocycles. The van der Waals surface area contributed by atoms with E-state index in [4.69, 9.17) is 0 Å². The first kappa shape index (κ1) is 17.6. The fourth-order valence-corrected chi connectivity index (χ4v) is 4.16. The Labute approximate surface area is 152 Å². The molecule has 25 heavy (non-hydrogen) atoms. The van der Waals surface area contributed by atoms with Gasteiger partial charge in [-0.25, -0.2) is 4.98 Å². The van der Waals surface area contributed by atoms with Crippen molar-refractivity contribution in [2.45, 2.75) is 39.7 Å². The zero-order valence-electron chi connectivity index (χ0n) is 15.1. The zero-order chi connectivity index (χ0) is 18.1. The Morgan fingerprint density at radius 3 is 2.72 bits per heavy atom. The number of para-hydroxylation sites is 1. The van der Waals surface area contributed by atoms with Gasteiger partial charge in [-0.15, -0.1) is 11.3 Å². The number of nitrogens with zero attached hydrogens (tertiary/aromatic N) is 3. The molecule has 2 heterocycles. The minimum atomic E-state index is -0.118. The third-order valence-corrected chi connectivity index (χ3v) is 5.70. The fraction of sp³-hybridized carbons (Fsp3) is 0.421. The molecule has 1 unspecified atom stereocenters. The van der Waals surface area contributed by atoms with Gasteiger partial charge in [0.05, 0.1) is 16.7 Å². The highest BCUT2D eigenvalue weighted by Crippen LogP contribution is 2.29. The fourth-order valence-electron chi connectivity index (χ4n) is 3.25. The summed E-state index contributed by atoms with van der Waals surface area (Å²) in [5, 5.41) is 1.00. The van der Waals surface area contributed by atoms with Crippen LogP contribution >= 0.6 is 11.3 Å². The van der Waals surface area contributed by atoms with Crippen LogP contribution in [0.1, 0.15) is 40.5 Å². The van der Waals surface area contributed by atoms with Crippen LogP contribution in [0, 0.1) is 13.8 Å². The molecule has 1 atom stereocenters. The maximum absolute atomic E-state index is 12.8. The summed E-state index contributed by atoms with van der Waals surface area (Å²) in [6.07, 6.45) is 1.19. The molecule has 3 rings (SSSR count). The number of carbonyl (C=O) groups excluding carboxylic acids is 2. The van der Waals surface area contributed by atoms with Crippen molar-refractivity contribution >= 4 is 28.8 Å². The molecule has 1 aliphatic rings. The van der Waals surface area contributed by atoms with E-state index in [0.717, 1.165) is 33.3 Å². The van der Waals surface area contributed by atoms with E-state index in [1.807, 2.05) is 45.0 Å². The number of benzene rings is 1. The minimum absolute atomic E-state index is 0.00814. The number of thiazole rings is 1. The lowest BCUT2D eigenvalue weighted by Crippen LogP contribution is -2.44. The van der Waals surface area contributed by atoms with Crippen LogP contribution in [-0.4, -0.2) is 35.3 Å². The summed E-state index contributed by atoms with van der Waals surface area (Å²) in [6.45, 7) is 6.04. The van der Waals surface area contributed by atoms with E-state index in [-0.39, 0.29) is 24.4 Å². The molecule has 0 saturated heterocycles. The van der Waals surface area contributed by atoms with Crippen LogP contribution in [0.3, 0.4) is 0 Å². The SMILES string of the molecule is Cc1nc(C(C)N(C)C(=O)CN2C(=O)CCc3ccccc32)c(C)s1. The molecule has 2 amide bonds. The van der Waals surface area contributed by atoms with E-state index in [0.29, 0.717) is 6.42 Å². The Morgan fingerprint density at radius 1 is 1.32 bits per heavy atom. The highest BCUT2D eigenvalue weighted by molar-refractivity contribution is 7.11. The van der Waals surface area contributed by atoms with Crippen LogP contribution in [-0.2, 0) is 16.0 Å². The van der Waals surface area contributed by atoms with E-state index < -0.39 is 0 Å². The molecule has 5 nitrogen and oxygen atoms in total. The lowest BCUT2D eigenvalue weighted by Gasteiger charge is -2.32. The second-order valence-electron chi connectivity index (χ2n) is 6.46. The van der Waals surface area contributed by atoms with Gasteiger partial charge in [-0.1, -0.05) is 18.2 Å². The molecule has 132 valence electrons. The first-order valence-electron chi connectivity index (χ1n) is 8.46. The van der Waals surface area contributed by atoms with Gasteiger partial charge < -0.3 is 9.80 Å². The summed E-state index contributed by atoms with van der Waals surface area (Å²) in [6, 6.07) is 7.69. The first-order valence-corrected chi connectivity index (χ1v) is 9.28. The number of likely N-dealkylation sites (N-methyl/N-ethyl adjacent to an activating group) is 1. The molecule has 0 N–H and O–H groups in total. The van der Waals surface area contributed by atoms with Crippen LogP contribution in [0.5, 0.6) is 0 Å². The monoisotopic (exact) mass is 357 g/mol. The van der Waals surface area contributed by atoms with Crippen LogP contribution in [0.2, 0.25) is 0 Å². The van der Waals surface area contributed by atoms with Gasteiger partial charge in [0, 0.05) is 24.0 Å².